The maximum absolute atomic E-state index is 12.6. The second-order valence-corrected chi connectivity index (χ2v) is 5.30. The molecule has 1 heterocycles. The minimum atomic E-state index is -4.61. The number of hydrogen-bond donors (Lipinski definition) is 1. The van der Waals surface area contributed by atoms with Crippen LogP contribution in [0.5, 0.6) is 0 Å². The molecule has 0 bridgehead atoms. The molecule has 0 aliphatic carbocycles. The van der Waals surface area contributed by atoms with Gasteiger partial charge in [0.2, 0.25) is 0 Å². The molecule has 0 atom stereocenters. The van der Waals surface area contributed by atoms with E-state index in [1.165, 1.54) is 0 Å². The number of carbonyl (C=O) groups excluding carboxylic acids is 1. The normalized spacial score (nSPS) is 12.6. The van der Waals surface area contributed by atoms with Crippen molar-refractivity contribution in [3.05, 3.63) is 16.5 Å². The predicted molar refractivity (Wildman–Crippen MR) is 58.9 cm³/mol. The molecule has 1 aromatic heterocycles. The number of thiophene rings is 1. The third kappa shape index (κ3) is 3.36. The maximum Gasteiger partial charge on any atom is 0.418 e. The summed E-state index contributed by atoms with van der Waals surface area (Å²) >= 11 is 0.669. The lowest BCUT2D eigenvalue weighted by molar-refractivity contribution is -0.137. The fourth-order valence-electron chi connectivity index (χ4n) is 1.12. The lowest BCUT2D eigenvalue weighted by Crippen LogP contribution is -2.25. The second kappa shape index (κ2) is 4.21. The zero-order valence-electron chi connectivity index (χ0n) is 9.51. The quantitative estimate of drug-likeness (QED) is 0.794. The number of ether oxygens (including phenoxy) is 1. The summed E-state index contributed by atoms with van der Waals surface area (Å²) < 4.78 is 42.7. The molecule has 0 aliphatic heterocycles. The van der Waals surface area contributed by atoms with E-state index < -0.39 is 28.9 Å². The number of nitrogen functional groups attached to an aromatic ring is 1. The predicted octanol–water partition coefficient (Wildman–Crippen LogP) is 3.30. The van der Waals surface area contributed by atoms with Crippen molar-refractivity contribution in [2.45, 2.75) is 32.5 Å². The van der Waals surface area contributed by atoms with Crippen molar-refractivity contribution in [3.8, 4) is 0 Å². The van der Waals surface area contributed by atoms with Crippen LogP contribution in [0.25, 0.3) is 0 Å². The molecule has 3 nitrogen and oxygen atoms in total. The van der Waals surface area contributed by atoms with Crippen molar-refractivity contribution in [2.75, 3.05) is 5.73 Å². The highest BCUT2D eigenvalue weighted by Gasteiger charge is 2.39. The molecule has 0 unspecified atom stereocenters. The highest BCUT2D eigenvalue weighted by molar-refractivity contribution is 7.14. The fourth-order valence-corrected chi connectivity index (χ4v) is 1.93. The van der Waals surface area contributed by atoms with Crippen LogP contribution in [0.2, 0.25) is 0 Å². The molecule has 0 amide bonds. The average Bonchev–Trinajstić information content (AvgIpc) is 2.42. The molecular weight excluding hydrogens is 255 g/mol. The number of esters is 1. The Hall–Kier alpha value is -1.24. The minimum absolute atomic E-state index is 0.188. The molecule has 0 aliphatic rings. The van der Waals surface area contributed by atoms with Gasteiger partial charge in [-0.15, -0.1) is 11.3 Å². The Balaban J connectivity index is 3.14. The summed E-state index contributed by atoms with van der Waals surface area (Å²) in [4.78, 5) is 11.6. The second-order valence-electron chi connectivity index (χ2n) is 4.39. The third-order valence-corrected chi connectivity index (χ3v) is 2.54. The molecule has 2 N–H and O–H groups in total. The molecule has 17 heavy (non-hydrogen) atoms. The number of rotatable bonds is 1. The van der Waals surface area contributed by atoms with Crippen molar-refractivity contribution in [3.63, 3.8) is 0 Å². The van der Waals surface area contributed by atoms with E-state index in [1.807, 2.05) is 0 Å². The SMILES string of the molecule is CC(C)(C)OC(=O)c1c(C(F)(F)F)csc1N. The van der Waals surface area contributed by atoms with Gasteiger partial charge in [-0.2, -0.15) is 13.2 Å². The highest BCUT2D eigenvalue weighted by atomic mass is 32.1. The molecule has 0 spiro atoms. The summed E-state index contributed by atoms with van der Waals surface area (Å²) in [5.41, 5.74) is 2.86. The first kappa shape index (κ1) is 13.8. The van der Waals surface area contributed by atoms with E-state index in [4.69, 9.17) is 10.5 Å². The maximum atomic E-state index is 12.6. The van der Waals surface area contributed by atoms with E-state index in [0.29, 0.717) is 11.3 Å². The van der Waals surface area contributed by atoms with Crippen LogP contribution in [0.3, 0.4) is 0 Å². The van der Waals surface area contributed by atoms with Crippen LogP contribution in [-0.4, -0.2) is 11.6 Å². The van der Waals surface area contributed by atoms with Gasteiger partial charge in [0.15, 0.2) is 0 Å². The van der Waals surface area contributed by atoms with E-state index in [1.54, 1.807) is 20.8 Å². The van der Waals surface area contributed by atoms with Crippen LogP contribution in [0.15, 0.2) is 5.38 Å². The smallest absolute Gasteiger partial charge is 0.418 e. The van der Waals surface area contributed by atoms with E-state index in [9.17, 15) is 18.0 Å². The standard InChI is InChI=1S/C10H12F3NO2S/c1-9(2,3)16-8(15)6-5(10(11,12)13)4-17-7(6)14/h4H,14H2,1-3H3. The molecule has 1 aromatic rings. The average molecular weight is 267 g/mol. The van der Waals surface area contributed by atoms with Crippen LogP contribution in [0.1, 0.15) is 36.7 Å². The van der Waals surface area contributed by atoms with Crippen molar-refractivity contribution in [1.29, 1.82) is 0 Å². The molecule has 0 saturated heterocycles. The van der Waals surface area contributed by atoms with Gasteiger partial charge in [-0.25, -0.2) is 4.79 Å². The zero-order valence-corrected chi connectivity index (χ0v) is 10.3. The van der Waals surface area contributed by atoms with Gasteiger partial charge in [-0.05, 0) is 20.8 Å². The van der Waals surface area contributed by atoms with Gasteiger partial charge < -0.3 is 10.5 Å². The fraction of sp³-hybridized carbons (Fsp3) is 0.500. The van der Waals surface area contributed by atoms with E-state index in [0.717, 1.165) is 5.38 Å². The number of anilines is 1. The Morgan fingerprint density at radius 2 is 1.88 bits per heavy atom. The van der Waals surface area contributed by atoms with Gasteiger partial charge in [0.05, 0.1) is 5.56 Å². The van der Waals surface area contributed by atoms with Crippen LogP contribution in [0, 0.1) is 0 Å². The summed E-state index contributed by atoms with van der Waals surface area (Å²) in [5.74, 6) is -1.05. The first-order valence-corrected chi connectivity index (χ1v) is 5.58. The van der Waals surface area contributed by atoms with E-state index in [2.05, 4.69) is 0 Å². The molecule has 0 saturated carbocycles. The van der Waals surface area contributed by atoms with Gasteiger partial charge in [-0.1, -0.05) is 0 Å². The summed E-state index contributed by atoms with van der Waals surface area (Å²) in [6.45, 7) is 4.71. The van der Waals surface area contributed by atoms with Crippen molar-refractivity contribution >= 4 is 22.3 Å². The molecule has 96 valence electrons. The third-order valence-electron chi connectivity index (χ3n) is 1.73. The number of carbonyl (C=O) groups is 1. The highest BCUT2D eigenvalue weighted by Crippen LogP contribution is 2.38. The summed E-state index contributed by atoms with van der Waals surface area (Å²) in [5, 5.41) is 0.626. The number of nitrogens with two attached hydrogens (primary N) is 1. The lowest BCUT2D eigenvalue weighted by Gasteiger charge is -2.20. The Labute approximate surface area is 100 Å². The van der Waals surface area contributed by atoms with E-state index >= 15 is 0 Å². The van der Waals surface area contributed by atoms with Gasteiger partial charge in [0, 0.05) is 5.38 Å². The van der Waals surface area contributed by atoms with Gasteiger partial charge in [0.1, 0.15) is 16.2 Å². The van der Waals surface area contributed by atoms with Crippen molar-refractivity contribution in [2.24, 2.45) is 0 Å². The van der Waals surface area contributed by atoms with Gasteiger partial charge in [-0.3, -0.25) is 0 Å². The molecule has 0 radical (unpaired) electrons. The molecule has 0 aromatic carbocycles. The van der Waals surface area contributed by atoms with Crippen molar-refractivity contribution < 1.29 is 22.7 Å². The van der Waals surface area contributed by atoms with Crippen LogP contribution in [-0.2, 0) is 10.9 Å². The Bertz CT molecular complexity index is 432. The molecular formula is C10H12F3NO2S. The summed E-state index contributed by atoms with van der Waals surface area (Å²) in [6.07, 6.45) is -4.61. The lowest BCUT2D eigenvalue weighted by atomic mass is 10.1. The van der Waals surface area contributed by atoms with Crippen LogP contribution < -0.4 is 5.73 Å². The van der Waals surface area contributed by atoms with Gasteiger partial charge in [0.25, 0.3) is 0 Å². The van der Waals surface area contributed by atoms with Gasteiger partial charge >= 0.3 is 12.1 Å². The Morgan fingerprint density at radius 1 is 1.35 bits per heavy atom. The monoisotopic (exact) mass is 267 g/mol. The largest absolute Gasteiger partial charge is 0.456 e. The molecule has 1 rings (SSSR count). The molecule has 0 fully saturated rings. The number of halogens is 3. The minimum Gasteiger partial charge on any atom is -0.456 e. The van der Waals surface area contributed by atoms with Crippen LogP contribution in [0.4, 0.5) is 18.2 Å². The topological polar surface area (TPSA) is 52.3 Å². The summed E-state index contributed by atoms with van der Waals surface area (Å²) in [7, 11) is 0. The summed E-state index contributed by atoms with van der Waals surface area (Å²) in [6, 6.07) is 0. The number of hydrogen-bond acceptors (Lipinski definition) is 4. The first-order chi connectivity index (χ1) is 7.52. The van der Waals surface area contributed by atoms with E-state index in [-0.39, 0.29) is 5.00 Å². The van der Waals surface area contributed by atoms with Crippen molar-refractivity contribution in [1.82, 2.24) is 0 Å². The number of alkyl halides is 3. The molecule has 7 heteroatoms. The Kier molecular flexibility index (Phi) is 3.42. The Morgan fingerprint density at radius 3 is 2.29 bits per heavy atom. The first-order valence-electron chi connectivity index (χ1n) is 4.70. The van der Waals surface area contributed by atoms with Crippen LogP contribution >= 0.6 is 11.3 Å². The zero-order chi connectivity index (χ0) is 13.4.